The van der Waals surface area contributed by atoms with Crippen molar-refractivity contribution in [2.75, 3.05) is 26.1 Å². The molecule has 0 saturated heterocycles. The Balaban J connectivity index is 2.44. The van der Waals surface area contributed by atoms with Crippen molar-refractivity contribution in [3.8, 4) is 0 Å². The summed E-state index contributed by atoms with van der Waals surface area (Å²) < 4.78 is 9.97. The lowest BCUT2D eigenvalue weighted by Crippen LogP contribution is -2.24. The fourth-order valence-corrected chi connectivity index (χ4v) is 1.03. The number of anilines is 1. The van der Waals surface area contributed by atoms with E-state index in [1.165, 1.54) is 6.20 Å². The van der Waals surface area contributed by atoms with E-state index in [1.54, 1.807) is 20.4 Å². The Labute approximate surface area is 87.4 Å². The van der Waals surface area contributed by atoms with Crippen molar-refractivity contribution < 1.29 is 9.47 Å². The first-order valence-corrected chi connectivity index (χ1v) is 4.41. The predicted molar refractivity (Wildman–Crippen MR) is 53.3 cm³/mol. The molecule has 0 saturated carbocycles. The molecular weight excluding hydrogens is 206 g/mol. The minimum atomic E-state index is -0.309. The van der Waals surface area contributed by atoms with Gasteiger partial charge in [0.15, 0.2) is 6.29 Å². The average Bonchev–Trinajstić information content (AvgIpc) is 2.19. The number of hydrogen-bond acceptors (Lipinski definition) is 5. The Morgan fingerprint density at radius 3 is 2.71 bits per heavy atom. The summed E-state index contributed by atoms with van der Waals surface area (Å²) in [5.74, 6) is 0.594. The Kier molecular flexibility index (Phi) is 4.58. The predicted octanol–water partition coefficient (Wildman–Crippen LogP) is 1.16. The van der Waals surface area contributed by atoms with Gasteiger partial charge < -0.3 is 14.8 Å². The van der Waals surface area contributed by atoms with E-state index in [2.05, 4.69) is 15.3 Å². The van der Waals surface area contributed by atoms with Crippen molar-refractivity contribution in [2.45, 2.75) is 6.29 Å². The molecule has 1 aromatic rings. The van der Waals surface area contributed by atoms with Crippen LogP contribution in [0.5, 0.6) is 0 Å². The molecule has 14 heavy (non-hydrogen) atoms. The van der Waals surface area contributed by atoms with Crippen LogP contribution in [-0.2, 0) is 9.47 Å². The Morgan fingerprint density at radius 1 is 1.43 bits per heavy atom. The number of nitrogens with zero attached hydrogens (tertiary/aromatic N) is 2. The minimum absolute atomic E-state index is 0.309. The molecule has 1 rings (SSSR count). The summed E-state index contributed by atoms with van der Waals surface area (Å²) in [5.41, 5.74) is 0. The molecule has 0 amide bonds. The maximum absolute atomic E-state index is 5.65. The Hall–Kier alpha value is -0.910. The highest BCUT2D eigenvalue weighted by Crippen LogP contribution is 2.06. The highest BCUT2D eigenvalue weighted by molar-refractivity contribution is 6.29. The van der Waals surface area contributed by atoms with E-state index in [0.717, 1.165) is 0 Å². The van der Waals surface area contributed by atoms with Crippen LogP contribution in [0.1, 0.15) is 0 Å². The fourth-order valence-electron chi connectivity index (χ4n) is 0.878. The van der Waals surface area contributed by atoms with Crippen LogP contribution >= 0.6 is 11.6 Å². The van der Waals surface area contributed by atoms with Gasteiger partial charge in [-0.05, 0) is 0 Å². The van der Waals surface area contributed by atoms with Crippen LogP contribution in [0.25, 0.3) is 0 Å². The molecule has 0 unspecified atom stereocenters. The molecule has 0 aliphatic heterocycles. The van der Waals surface area contributed by atoms with Crippen molar-refractivity contribution in [1.29, 1.82) is 0 Å². The topological polar surface area (TPSA) is 56.3 Å². The molecule has 1 N–H and O–H groups in total. The molecule has 0 aromatic carbocycles. The number of aromatic nitrogens is 2. The normalized spacial score (nSPS) is 10.6. The van der Waals surface area contributed by atoms with Crippen molar-refractivity contribution in [2.24, 2.45) is 0 Å². The third-order valence-corrected chi connectivity index (χ3v) is 1.76. The molecule has 0 fully saturated rings. The van der Waals surface area contributed by atoms with E-state index < -0.39 is 0 Å². The first-order valence-electron chi connectivity index (χ1n) is 4.03. The van der Waals surface area contributed by atoms with Crippen molar-refractivity contribution >= 4 is 17.4 Å². The van der Waals surface area contributed by atoms with Gasteiger partial charge in [-0.2, -0.15) is 0 Å². The molecule has 1 heterocycles. The summed E-state index contributed by atoms with van der Waals surface area (Å²) in [6, 6.07) is 0. The highest BCUT2D eigenvalue weighted by Gasteiger charge is 2.04. The average molecular weight is 218 g/mol. The van der Waals surface area contributed by atoms with Crippen molar-refractivity contribution in [1.82, 2.24) is 9.97 Å². The molecule has 0 aliphatic carbocycles. The first kappa shape index (κ1) is 11.2. The molecule has 78 valence electrons. The molecule has 0 atom stereocenters. The Morgan fingerprint density at radius 2 is 2.14 bits per heavy atom. The van der Waals surface area contributed by atoms with Gasteiger partial charge in [-0.25, -0.2) is 4.98 Å². The van der Waals surface area contributed by atoms with Gasteiger partial charge in [0.1, 0.15) is 11.0 Å². The van der Waals surface area contributed by atoms with Crippen LogP contribution in [0.4, 0.5) is 5.82 Å². The van der Waals surface area contributed by atoms with Gasteiger partial charge in [-0.3, -0.25) is 4.98 Å². The van der Waals surface area contributed by atoms with Gasteiger partial charge in [0.25, 0.3) is 0 Å². The molecule has 0 bridgehead atoms. The quantitative estimate of drug-likeness (QED) is 0.751. The summed E-state index contributed by atoms with van der Waals surface area (Å²) in [6.45, 7) is 0.488. The second-order valence-electron chi connectivity index (χ2n) is 2.51. The molecule has 1 aromatic heterocycles. The summed E-state index contributed by atoms with van der Waals surface area (Å²) in [7, 11) is 3.14. The van der Waals surface area contributed by atoms with E-state index in [0.29, 0.717) is 17.5 Å². The van der Waals surface area contributed by atoms with Crippen LogP contribution in [0.15, 0.2) is 12.4 Å². The smallest absolute Gasteiger partial charge is 0.173 e. The van der Waals surface area contributed by atoms with E-state index in [1.807, 2.05) is 0 Å². The van der Waals surface area contributed by atoms with E-state index in [-0.39, 0.29) is 6.29 Å². The summed E-state index contributed by atoms with van der Waals surface area (Å²) in [5, 5.41) is 3.33. The monoisotopic (exact) mass is 217 g/mol. The minimum Gasteiger partial charge on any atom is -0.364 e. The van der Waals surface area contributed by atoms with Gasteiger partial charge in [0.2, 0.25) is 0 Å². The molecule has 5 nitrogen and oxygen atoms in total. The summed E-state index contributed by atoms with van der Waals surface area (Å²) in [6.07, 6.45) is 2.74. The Bertz CT molecular complexity index is 281. The lowest BCUT2D eigenvalue weighted by Gasteiger charge is -2.13. The SMILES string of the molecule is COC(CNc1cncc(Cl)n1)OC. The van der Waals surface area contributed by atoms with E-state index in [4.69, 9.17) is 21.1 Å². The van der Waals surface area contributed by atoms with Gasteiger partial charge in [-0.15, -0.1) is 0 Å². The van der Waals surface area contributed by atoms with Gasteiger partial charge >= 0.3 is 0 Å². The van der Waals surface area contributed by atoms with Gasteiger partial charge in [0.05, 0.1) is 18.9 Å². The molecule has 0 spiro atoms. The van der Waals surface area contributed by atoms with Gasteiger partial charge in [0, 0.05) is 14.2 Å². The second kappa shape index (κ2) is 5.74. The van der Waals surface area contributed by atoms with Crippen LogP contribution in [0, 0.1) is 0 Å². The maximum Gasteiger partial charge on any atom is 0.173 e. The standard InChI is InChI=1S/C8H12ClN3O2/c1-13-8(14-2)5-11-7-4-10-3-6(9)12-7/h3-4,8H,5H2,1-2H3,(H,11,12). The van der Waals surface area contributed by atoms with Crippen LogP contribution in [0.3, 0.4) is 0 Å². The maximum atomic E-state index is 5.65. The third kappa shape index (κ3) is 3.45. The number of hydrogen-bond donors (Lipinski definition) is 1. The van der Waals surface area contributed by atoms with Crippen LogP contribution in [-0.4, -0.2) is 37.0 Å². The molecule has 6 heteroatoms. The lowest BCUT2D eigenvalue weighted by molar-refractivity contribution is -0.0914. The van der Waals surface area contributed by atoms with Crippen LogP contribution < -0.4 is 5.32 Å². The fraction of sp³-hybridized carbons (Fsp3) is 0.500. The summed E-state index contributed by atoms with van der Waals surface area (Å²) in [4.78, 5) is 7.87. The molecular formula is C8H12ClN3O2. The van der Waals surface area contributed by atoms with Gasteiger partial charge in [-0.1, -0.05) is 11.6 Å². The molecule has 0 radical (unpaired) electrons. The number of methoxy groups -OCH3 is 2. The zero-order chi connectivity index (χ0) is 10.4. The van der Waals surface area contributed by atoms with Crippen molar-refractivity contribution in [3.05, 3.63) is 17.5 Å². The molecule has 0 aliphatic rings. The van der Waals surface area contributed by atoms with Crippen LogP contribution in [0.2, 0.25) is 5.15 Å². The number of rotatable bonds is 5. The number of nitrogens with one attached hydrogen (secondary N) is 1. The lowest BCUT2D eigenvalue weighted by atomic mass is 10.5. The number of halogens is 1. The zero-order valence-corrected chi connectivity index (χ0v) is 8.78. The van der Waals surface area contributed by atoms with E-state index in [9.17, 15) is 0 Å². The third-order valence-electron chi connectivity index (χ3n) is 1.58. The van der Waals surface area contributed by atoms with E-state index >= 15 is 0 Å². The second-order valence-corrected chi connectivity index (χ2v) is 2.90. The zero-order valence-electron chi connectivity index (χ0n) is 8.03. The number of ether oxygens (including phenoxy) is 2. The first-order chi connectivity index (χ1) is 6.76. The summed E-state index contributed by atoms with van der Waals surface area (Å²) >= 11 is 5.65. The highest BCUT2D eigenvalue weighted by atomic mass is 35.5. The largest absolute Gasteiger partial charge is 0.364 e. The van der Waals surface area contributed by atoms with Crippen molar-refractivity contribution in [3.63, 3.8) is 0 Å².